The second-order valence-corrected chi connectivity index (χ2v) is 4.67. The Kier molecular flexibility index (Phi) is 8.27. The highest BCUT2D eigenvalue weighted by atomic mass is 32.2. The van der Waals surface area contributed by atoms with Crippen LogP contribution in [0.5, 0.6) is 0 Å². The van der Waals surface area contributed by atoms with E-state index in [1.165, 1.54) is 17.9 Å². The zero-order chi connectivity index (χ0) is 10.1. The molecule has 0 atom stereocenters. The van der Waals surface area contributed by atoms with Crippen molar-refractivity contribution in [1.29, 1.82) is 5.26 Å². The molecule has 0 aliphatic heterocycles. The van der Waals surface area contributed by atoms with Crippen molar-refractivity contribution in [3.05, 3.63) is 0 Å². The van der Waals surface area contributed by atoms with Crippen molar-refractivity contribution >= 4 is 11.8 Å². The molecule has 0 spiro atoms. The third-order valence-electron chi connectivity index (χ3n) is 1.94. The minimum atomic E-state index is 0.492. The number of nitrogens with zero attached hydrogens (tertiary/aromatic N) is 2. The lowest BCUT2D eigenvalue weighted by molar-refractivity contribution is 0.250. The van der Waals surface area contributed by atoms with Crippen molar-refractivity contribution in [2.75, 3.05) is 24.6 Å². The predicted octanol–water partition coefficient (Wildman–Crippen LogP) is 2.36. The van der Waals surface area contributed by atoms with Crippen LogP contribution in [0.1, 0.15) is 27.2 Å². The second-order valence-electron chi connectivity index (χ2n) is 3.27. The molecule has 0 amide bonds. The molecule has 0 N–H and O–H groups in total. The fraction of sp³-hybridized carbons (Fsp3) is 0.900. The van der Waals surface area contributed by atoms with Crippen molar-refractivity contribution in [2.24, 2.45) is 0 Å². The number of nitriles is 1. The molecule has 0 heterocycles. The van der Waals surface area contributed by atoms with Gasteiger partial charge in [0.1, 0.15) is 0 Å². The Morgan fingerprint density at radius 1 is 1.46 bits per heavy atom. The Balaban J connectivity index is 3.52. The van der Waals surface area contributed by atoms with Crippen LogP contribution in [0.4, 0.5) is 0 Å². The normalized spacial score (nSPS) is 10.8. The molecule has 0 aromatic carbocycles. The molecular formula is C10H20N2S. The maximum Gasteiger partial charge on any atom is 0.0868 e. The van der Waals surface area contributed by atoms with Crippen LogP contribution in [0.25, 0.3) is 0 Å². The highest BCUT2D eigenvalue weighted by molar-refractivity contribution is 7.99. The molecular weight excluding hydrogens is 180 g/mol. The topological polar surface area (TPSA) is 27.0 Å². The van der Waals surface area contributed by atoms with Gasteiger partial charge in [-0.25, -0.2) is 0 Å². The van der Waals surface area contributed by atoms with Crippen LogP contribution in [-0.2, 0) is 0 Å². The van der Waals surface area contributed by atoms with E-state index in [1.807, 2.05) is 11.8 Å². The SMILES string of the molecule is CCSCCCN(CC#N)C(C)C. The average Bonchev–Trinajstić information content (AvgIpc) is 2.10. The first-order valence-corrected chi connectivity index (χ1v) is 6.06. The van der Waals surface area contributed by atoms with Gasteiger partial charge >= 0.3 is 0 Å². The van der Waals surface area contributed by atoms with Gasteiger partial charge in [0.05, 0.1) is 12.6 Å². The number of hydrogen-bond donors (Lipinski definition) is 0. The predicted molar refractivity (Wildman–Crippen MR) is 59.9 cm³/mol. The molecule has 0 aromatic heterocycles. The number of hydrogen-bond acceptors (Lipinski definition) is 3. The average molecular weight is 200 g/mol. The van der Waals surface area contributed by atoms with Crippen molar-refractivity contribution in [1.82, 2.24) is 4.90 Å². The summed E-state index contributed by atoms with van der Waals surface area (Å²) in [6.07, 6.45) is 1.19. The van der Waals surface area contributed by atoms with Crippen LogP contribution in [-0.4, -0.2) is 35.5 Å². The van der Waals surface area contributed by atoms with Gasteiger partial charge in [-0.05, 0) is 31.8 Å². The summed E-state index contributed by atoms with van der Waals surface area (Å²) < 4.78 is 0. The van der Waals surface area contributed by atoms with E-state index in [4.69, 9.17) is 5.26 Å². The first-order valence-electron chi connectivity index (χ1n) is 4.91. The van der Waals surface area contributed by atoms with Gasteiger partial charge in [-0.1, -0.05) is 6.92 Å². The maximum atomic E-state index is 8.59. The Morgan fingerprint density at radius 2 is 2.15 bits per heavy atom. The van der Waals surface area contributed by atoms with Gasteiger partial charge in [-0.15, -0.1) is 0 Å². The van der Waals surface area contributed by atoms with Gasteiger partial charge in [-0.3, -0.25) is 4.90 Å². The third kappa shape index (κ3) is 6.92. The van der Waals surface area contributed by atoms with Crippen LogP contribution >= 0.6 is 11.8 Å². The smallest absolute Gasteiger partial charge is 0.0868 e. The molecule has 0 rings (SSSR count). The summed E-state index contributed by atoms with van der Waals surface area (Å²) in [5, 5.41) is 8.59. The Morgan fingerprint density at radius 3 is 2.62 bits per heavy atom. The second kappa shape index (κ2) is 8.40. The third-order valence-corrected chi connectivity index (χ3v) is 2.93. The fourth-order valence-corrected chi connectivity index (χ4v) is 1.75. The lowest BCUT2D eigenvalue weighted by atomic mass is 10.3. The van der Waals surface area contributed by atoms with Crippen LogP contribution < -0.4 is 0 Å². The monoisotopic (exact) mass is 200 g/mol. The minimum absolute atomic E-state index is 0.492. The molecule has 0 unspecified atom stereocenters. The van der Waals surface area contributed by atoms with Gasteiger partial charge in [0.25, 0.3) is 0 Å². The van der Waals surface area contributed by atoms with Crippen LogP contribution in [0.3, 0.4) is 0 Å². The van der Waals surface area contributed by atoms with E-state index in [9.17, 15) is 0 Å². The van der Waals surface area contributed by atoms with Gasteiger partial charge < -0.3 is 0 Å². The Bertz CT molecular complexity index is 151. The lowest BCUT2D eigenvalue weighted by Gasteiger charge is -2.22. The molecule has 76 valence electrons. The first kappa shape index (κ1) is 12.8. The first-order chi connectivity index (χ1) is 6.22. The molecule has 13 heavy (non-hydrogen) atoms. The number of rotatable bonds is 7. The largest absolute Gasteiger partial charge is 0.288 e. The molecule has 0 aliphatic rings. The molecule has 0 fully saturated rings. The van der Waals surface area contributed by atoms with Gasteiger partial charge in [-0.2, -0.15) is 17.0 Å². The van der Waals surface area contributed by atoms with Crippen molar-refractivity contribution in [3.8, 4) is 6.07 Å². The standard InChI is InChI=1S/C10H20N2S/c1-4-13-9-5-7-12(8-6-11)10(2)3/h10H,4-5,7-9H2,1-3H3. The van der Waals surface area contributed by atoms with E-state index in [0.29, 0.717) is 12.6 Å². The summed E-state index contributed by atoms with van der Waals surface area (Å²) in [6.45, 7) is 8.08. The Hall–Kier alpha value is -0.200. The fourth-order valence-electron chi connectivity index (χ4n) is 1.12. The van der Waals surface area contributed by atoms with E-state index in [1.54, 1.807) is 0 Å². The summed E-state index contributed by atoms with van der Waals surface area (Å²) in [5.41, 5.74) is 0. The summed E-state index contributed by atoms with van der Waals surface area (Å²) in [4.78, 5) is 2.22. The molecule has 2 nitrogen and oxygen atoms in total. The van der Waals surface area contributed by atoms with Crippen LogP contribution in [0.2, 0.25) is 0 Å². The zero-order valence-electron chi connectivity index (χ0n) is 8.92. The summed E-state index contributed by atoms with van der Waals surface area (Å²) in [6, 6.07) is 2.70. The van der Waals surface area contributed by atoms with E-state index in [0.717, 1.165) is 6.54 Å². The van der Waals surface area contributed by atoms with Crippen LogP contribution in [0, 0.1) is 11.3 Å². The van der Waals surface area contributed by atoms with E-state index < -0.39 is 0 Å². The van der Waals surface area contributed by atoms with E-state index in [2.05, 4.69) is 31.7 Å². The Labute approximate surface area is 86.3 Å². The van der Waals surface area contributed by atoms with Crippen LogP contribution in [0.15, 0.2) is 0 Å². The van der Waals surface area contributed by atoms with Crippen molar-refractivity contribution in [2.45, 2.75) is 33.2 Å². The molecule has 0 radical (unpaired) electrons. The van der Waals surface area contributed by atoms with Gasteiger partial charge in [0.2, 0.25) is 0 Å². The maximum absolute atomic E-state index is 8.59. The highest BCUT2D eigenvalue weighted by Crippen LogP contribution is 2.04. The minimum Gasteiger partial charge on any atom is -0.288 e. The van der Waals surface area contributed by atoms with Crippen molar-refractivity contribution < 1.29 is 0 Å². The highest BCUT2D eigenvalue weighted by Gasteiger charge is 2.07. The molecule has 0 aromatic rings. The lowest BCUT2D eigenvalue weighted by Crippen LogP contribution is -2.32. The summed E-state index contributed by atoms with van der Waals surface area (Å²) in [7, 11) is 0. The van der Waals surface area contributed by atoms with Gasteiger partial charge in [0.15, 0.2) is 0 Å². The molecule has 0 saturated carbocycles. The molecule has 3 heteroatoms. The van der Waals surface area contributed by atoms with E-state index in [-0.39, 0.29) is 0 Å². The van der Waals surface area contributed by atoms with Gasteiger partial charge in [0, 0.05) is 12.6 Å². The molecule has 0 saturated heterocycles. The molecule has 0 bridgehead atoms. The van der Waals surface area contributed by atoms with Crippen molar-refractivity contribution in [3.63, 3.8) is 0 Å². The number of thioether (sulfide) groups is 1. The quantitative estimate of drug-likeness (QED) is 0.466. The summed E-state index contributed by atoms with van der Waals surface area (Å²) in [5.74, 6) is 2.41. The zero-order valence-corrected chi connectivity index (χ0v) is 9.73. The summed E-state index contributed by atoms with van der Waals surface area (Å²) >= 11 is 1.97. The van der Waals surface area contributed by atoms with E-state index >= 15 is 0 Å². The molecule has 0 aliphatic carbocycles.